The first-order valence-electron chi connectivity index (χ1n) is 9.38. The average molecular weight is 446 g/mol. The molecule has 3 nitrogen and oxygen atoms in total. The Hall–Kier alpha value is -3.11. The Balaban J connectivity index is 1.87. The van der Waals surface area contributed by atoms with E-state index in [1.165, 1.54) is 5.56 Å². The van der Waals surface area contributed by atoms with Gasteiger partial charge in [0.05, 0.1) is 17.8 Å². The second-order valence-electron chi connectivity index (χ2n) is 7.00. The highest BCUT2D eigenvalue weighted by molar-refractivity contribution is 9.10. The second kappa shape index (κ2) is 8.10. The van der Waals surface area contributed by atoms with Crippen LogP contribution in [-0.4, -0.2) is 15.6 Å². The quantitative estimate of drug-likeness (QED) is 0.380. The van der Waals surface area contributed by atoms with E-state index in [2.05, 4.69) is 63.8 Å². The first-order valence-corrected chi connectivity index (χ1v) is 10.2. The summed E-state index contributed by atoms with van der Waals surface area (Å²) in [5.41, 5.74) is 7.46. The van der Waals surface area contributed by atoms with E-state index in [1.807, 2.05) is 48.5 Å². The van der Waals surface area contributed by atoms with Crippen LogP contribution in [0.15, 0.2) is 89.4 Å². The van der Waals surface area contributed by atoms with E-state index in [0.717, 1.165) is 38.2 Å². The molecule has 0 saturated carbocycles. The van der Waals surface area contributed by atoms with Gasteiger partial charge in [-0.05, 0) is 59.5 Å². The van der Waals surface area contributed by atoms with Crippen LogP contribution in [0.3, 0.4) is 0 Å². The van der Waals surface area contributed by atoms with Crippen LogP contribution in [0.5, 0.6) is 0 Å². The number of rotatable bonds is 5. The number of hydrogen-bond acceptors (Lipinski definition) is 1. The Kier molecular flexibility index (Phi) is 5.36. The van der Waals surface area contributed by atoms with E-state index in [1.54, 1.807) is 0 Å². The Morgan fingerprint density at radius 3 is 1.93 bits per heavy atom. The Bertz CT molecular complexity index is 1160. The highest BCUT2D eigenvalue weighted by Crippen LogP contribution is 2.34. The molecule has 29 heavy (non-hydrogen) atoms. The topological polar surface area (TPSA) is 42.2 Å². The Labute approximate surface area is 178 Å². The molecule has 3 aromatic carbocycles. The van der Waals surface area contributed by atoms with Crippen molar-refractivity contribution in [2.24, 2.45) is 0 Å². The molecule has 4 rings (SSSR count). The molecule has 1 N–H and O–H groups in total. The molecule has 0 amide bonds. The third-order valence-corrected chi connectivity index (χ3v) is 5.51. The van der Waals surface area contributed by atoms with Crippen molar-refractivity contribution in [1.82, 2.24) is 4.57 Å². The first-order chi connectivity index (χ1) is 14.0. The molecular weight excluding hydrogens is 426 g/mol. The maximum absolute atomic E-state index is 11.0. The zero-order valence-corrected chi connectivity index (χ0v) is 17.6. The van der Waals surface area contributed by atoms with Crippen molar-refractivity contribution in [3.05, 3.63) is 101 Å². The summed E-state index contributed by atoms with van der Waals surface area (Å²) in [7, 11) is 0. The minimum atomic E-state index is -0.821. The SMILES string of the molecule is Cc1ccccc1-n1c(-c2ccc(Br)cc2)ccc1-c1ccc(CC(=O)O)cc1. The van der Waals surface area contributed by atoms with E-state index < -0.39 is 5.97 Å². The van der Waals surface area contributed by atoms with Crippen molar-refractivity contribution < 1.29 is 9.90 Å². The maximum atomic E-state index is 11.0. The molecular formula is C25H20BrNO2. The van der Waals surface area contributed by atoms with Gasteiger partial charge in [-0.2, -0.15) is 0 Å². The van der Waals surface area contributed by atoms with Gasteiger partial charge in [-0.1, -0.05) is 70.5 Å². The first kappa shape index (κ1) is 19.2. The molecule has 0 bridgehead atoms. The number of aliphatic carboxylic acids is 1. The molecule has 0 aliphatic rings. The lowest BCUT2D eigenvalue weighted by molar-refractivity contribution is -0.136. The van der Waals surface area contributed by atoms with Crippen LogP contribution in [0.25, 0.3) is 28.2 Å². The van der Waals surface area contributed by atoms with E-state index in [0.29, 0.717) is 0 Å². The molecule has 4 heteroatoms. The molecule has 0 aliphatic heterocycles. The summed E-state index contributed by atoms with van der Waals surface area (Å²) in [6.07, 6.45) is 0.0310. The fraction of sp³-hybridized carbons (Fsp3) is 0.0800. The largest absolute Gasteiger partial charge is 0.481 e. The molecule has 0 unspecified atom stereocenters. The van der Waals surface area contributed by atoms with E-state index in [-0.39, 0.29) is 6.42 Å². The zero-order chi connectivity index (χ0) is 20.4. The van der Waals surface area contributed by atoms with Gasteiger partial charge < -0.3 is 9.67 Å². The van der Waals surface area contributed by atoms with Crippen molar-refractivity contribution in [3.8, 4) is 28.2 Å². The predicted octanol–water partition coefficient (Wildman–Crippen LogP) is 6.51. The molecule has 0 spiro atoms. The Morgan fingerprint density at radius 2 is 1.38 bits per heavy atom. The van der Waals surface area contributed by atoms with Gasteiger partial charge in [-0.3, -0.25) is 4.79 Å². The van der Waals surface area contributed by atoms with Crippen LogP contribution >= 0.6 is 15.9 Å². The molecule has 0 atom stereocenters. The number of benzene rings is 3. The summed E-state index contributed by atoms with van der Waals surface area (Å²) in [5, 5.41) is 9.02. The molecule has 0 saturated heterocycles. The van der Waals surface area contributed by atoms with Gasteiger partial charge >= 0.3 is 5.97 Å². The number of hydrogen-bond donors (Lipinski definition) is 1. The Morgan fingerprint density at radius 1 is 0.828 bits per heavy atom. The second-order valence-corrected chi connectivity index (χ2v) is 7.92. The lowest BCUT2D eigenvalue weighted by Gasteiger charge is -2.17. The smallest absolute Gasteiger partial charge is 0.307 e. The highest BCUT2D eigenvalue weighted by Gasteiger charge is 2.15. The number of para-hydroxylation sites is 1. The summed E-state index contributed by atoms with van der Waals surface area (Å²) >= 11 is 3.51. The van der Waals surface area contributed by atoms with Gasteiger partial charge in [-0.15, -0.1) is 0 Å². The van der Waals surface area contributed by atoms with Crippen molar-refractivity contribution >= 4 is 21.9 Å². The number of carboxylic acid groups (broad SMARTS) is 1. The van der Waals surface area contributed by atoms with E-state index in [9.17, 15) is 4.79 Å². The van der Waals surface area contributed by atoms with Crippen LogP contribution < -0.4 is 0 Å². The lowest BCUT2D eigenvalue weighted by atomic mass is 10.1. The maximum Gasteiger partial charge on any atom is 0.307 e. The van der Waals surface area contributed by atoms with Gasteiger partial charge in [0.2, 0.25) is 0 Å². The van der Waals surface area contributed by atoms with Crippen LogP contribution in [0.4, 0.5) is 0 Å². The molecule has 144 valence electrons. The van der Waals surface area contributed by atoms with Crippen LogP contribution in [-0.2, 0) is 11.2 Å². The van der Waals surface area contributed by atoms with Gasteiger partial charge in [0.25, 0.3) is 0 Å². The predicted molar refractivity (Wildman–Crippen MR) is 120 cm³/mol. The van der Waals surface area contributed by atoms with Crippen molar-refractivity contribution in [1.29, 1.82) is 0 Å². The van der Waals surface area contributed by atoms with Crippen molar-refractivity contribution in [2.45, 2.75) is 13.3 Å². The summed E-state index contributed by atoms with van der Waals surface area (Å²) in [4.78, 5) is 11.0. The third-order valence-electron chi connectivity index (χ3n) is 4.98. The summed E-state index contributed by atoms with van der Waals surface area (Å²) in [6.45, 7) is 2.11. The standard InChI is InChI=1S/C25H20BrNO2/c1-17-4-2-3-5-22(17)27-23(19-8-6-18(7-9-19)16-25(28)29)14-15-24(27)20-10-12-21(26)13-11-20/h2-15H,16H2,1H3,(H,28,29). The molecule has 4 aromatic rings. The zero-order valence-electron chi connectivity index (χ0n) is 16.0. The molecule has 0 radical (unpaired) electrons. The number of aromatic nitrogens is 1. The fourth-order valence-electron chi connectivity index (χ4n) is 3.55. The minimum absolute atomic E-state index is 0.0310. The molecule has 0 aliphatic carbocycles. The third kappa shape index (κ3) is 4.03. The highest BCUT2D eigenvalue weighted by atomic mass is 79.9. The number of carboxylic acids is 1. The lowest BCUT2D eigenvalue weighted by Crippen LogP contribution is -2.02. The van der Waals surface area contributed by atoms with E-state index in [4.69, 9.17) is 5.11 Å². The number of nitrogens with zero attached hydrogens (tertiary/aromatic N) is 1. The fourth-order valence-corrected chi connectivity index (χ4v) is 3.81. The van der Waals surface area contributed by atoms with Gasteiger partial charge in [-0.25, -0.2) is 0 Å². The number of halogens is 1. The summed E-state index contributed by atoms with van der Waals surface area (Å²) < 4.78 is 3.31. The van der Waals surface area contributed by atoms with E-state index >= 15 is 0 Å². The number of aryl methyl sites for hydroxylation is 1. The van der Waals surface area contributed by atoms with Crippen LogP contribution in [0, 0.1) is 6.92 Å². The summed E-state index contributed by atoms with van der Waals surface area (Å²) in [6, 6.07) is 28.6. The van der Waals surface area contributed by atoms with Crippen molar-refractivity contribution in [2.75, 3.05) is 0 Å². The van der Waals surface area contributed by atoms with Crippen molar-refractivity contribution in [3.63, 3.8) is 0 Å². The van der Waals surface area contributed by atoms with Crippen LogP contribution in [0.1, 0.15) is 11.1 Å². The summed E-state index contributed by atoms with van der Waals surface area (Å²) in [5.74, 6) is -0.821. The average Bonchev–Trinajstić information content (AvgIpc) is 3.14. The molecule has 1 heterocycles. The van der Waals surface area contributed by atoms with Gasteiger partial charge in [0, 0.05) is 10.2 Å². The number of carbonyl (C=O) groups is 1. The molecule has 1 aromatic heterocycles. The van der Waals surface area contributed by atoms with Crippen LogP contribution in [0.2, 0.25) is 0 Å². The van der Waals surface area contributed by atoms with Gasteiger partial charge in [0.1, 0.15) is 0 Å². The normalized spacial score (nSPS) is 10.8. The molecule has 0 fully saturated rings. The minimum Gasteiger partial charge on any atom is -0.481 e. The van der Waals surface area contributed by atoms with Gasteiger partial charge in [0.15, 0.2) is 0 Å². The monoisotopic (exact) mass is 445 g/mol.